The number of aryl methyl sites for hydroxylation is 1. The first-order valence-electron chi connectivity index (χ1n) is 9.69. The molecule has 3 aromatic rings. The Balaban J connectivity index is 1.78. The Morgan fingerprint density at radius 3 is 2.75 bits per heavy atom. The molecule has 0 bridgehead atoms. The van der Waals surface area contributed by atoms with Gasteiger partial charge in [0.2, 0.25) is 0 Å². The summed E-state index contributed by atoms with van der Waals surface area (Å²) in [5.74, 6) is 1.91. The first-order chi connectivity index (χ1) is 13.5. The van der Waals surface area contributed by atoms with Crippen LogP contribution in [0.4, 0.5) is 10.6 Å². The number of fused-ring (bicyclic) bond motifs is 3. The first kappa shape index (κ1) is 19.0. The quantitative estimate of drug-likeness (QED) is 0.624. The zero-order chi connectivity index (χ0) is 19.8. The summed E-state index contributed by atoms with van der Waals surface area (Å²) in [5.41, 5.74) is 8.92. The Labute approximate surface area is 171 Å². The van der Waals surface area contributed by atoms with E-state index in [1.807, 2.05) is 12.1 Å². The van der Waals surface area contributed by atoms with Crippen LogP contribution in [0.2, 0.25) is 0 Å². The summed E-state index contributed by atoms with van der Waals surface area (Å²) in [6, 6.07) is 6.06. The number of halogens is 1. The van der Waals surface area contributed by atoms with Crippen molar-refractivity contribution < 1.29 is 9.90 Å². The van der Waals surface area contributed by atoms with Gasteiger partial charge in [-0.05, 0) is 43.4 Å². The van der Waals surface area contributed by atoms with Crippen LogP contribution in [-0.4, -0.2) is 43.7 Å². The molecular formula is C20H24BrN5O2. The maximum absolute atomic E-state index is 11.2. The lowest BCUT2D eigenvalue weighted by Crippen LogP contribution is -2.38. The minimum atomic E-state index is -0.825. The van der Waals surface area contributed by atoms with Crippen molar-refractivity contribution in [1.29, 1.82) is 0 Å². The monoisotopic (exact) mass is 445 g/mol. The molecule has 1 aromatic carbocycles. The third kappa shape index (κ3) is 3.41. The molecule has 0 radical (unpaired) electrons. The van der Waals surface area contributed by atoms with Crippen LogP contribution in [0.25, 0.3) is 21.9 Å². The fourth-order valence-electron chi connectivity index (χ4n) is 4.11. The summed E-state index contributed by atoms with van der Waals surface area (Å²) in [5, 5.41) is 10.2. The number of nitrogens with zero attached hydrogens (tertiary/aromatic N) is 4. The minimum Gasteiger partial charge on any atom is -0.465 e. The third-order valence-corrected chi connectivity index (χ3v) is 6.04. The summed E-state index contributed by atoms with van der Waals surface area (Å²) in [6.07, 6.45) is 2.77. The Bertz CT molecular complexity index is 1040. The number of carboxylic acid groups (broad SMARTS) is 1. The number of carbonyl (C=O) groups is 1. The van der Waals surface area contributed by atoms with Crippen LogP contribution < -0.4 is 5.73 Å². The van der Waals surface area contributed by atoms with Gasteiger partial charge in [-0.1, -0.05) is 22.9 Å². The van der Waals surface area contributed by atoms with Gasteiger partial charge in [0.05, 0.1) is 11.0 Å². The minimum absolute atomic E-state index is 0.420. The summed E-state index contributed by atoms with van der Waals surface area (Å²) in [7, 11) is 0. The number of hydrogen-bond acceptors (Lipinski definition) is 4. The predicted octanol–water partition coefficient (Wildman–Crippen LogP) is 4.27. The molecule has 0 spiro atoms. The first-order valence-corrected chi connectivity index (χ1v) is 10.5. The Hall–Kier alpha value is -2.35. The van der Waals surface area contributed by atoms with Crippen molar-refractivity contribution in [3.8, 4) is 0 Å². The number of anilines is 1. The molecule has 148 valence electrons. The van der Waals surface area contributed by atoms with Crippen LogP contribution in [0.5, 0.6) is 0 Å². The van der Waals surface area contributed by atoms with Crippen molar-refractivity contribution in [3.05, 3.63) is 28.5 Å². The Kier molecular flexibility index (Phi) is 5.14. The molecule has 0 unspecified atom stereocenters. The molecule has 1 aliphatic rings. The third-order valence-electron chi connectivity index (χ3n) is 5.54. The number of nitrogens with two attached hydrogens (primary N) is 1. The average molecular weight is 446 g/mol. The molecule has 0 aliphatic carbocycles. The lowest BCUT2D eigenvalue weighted by molar-refractivity contribution is 0.121. The van der Waals surface area contributed by atoms with E-state index >= 15 is 0 Å². The van der Waals surface area contributed by atoms with Gasteiger partial charge < -0.3 is 20.3 Å². The molecule has 1 saturated heterocycles. The number of amides is 1. The highest BCUT2D eigenvalue weighted by atomic mass is 79.9. The van der Waals surface area contributed by atoms with Crippen LogP contribution in [0.1, 0.15) is 32.0 Å². The average Bonchev–Trinajstić information content (AvgIpc) is 3.01. The lowest BCUT2D eigenvalue weighted by Gasteiger charge is -2.30. The van der Waals surface area contributed by atoms with Crippen molar-refractivity contribution in [2.45, 2.75) is 39.2 Å². The van der Waals surface area contributed by atoms with Crippen LogP contribution in [0.15, 0.2) is 22.7 Å². The van der Waals surface area contributed by atoms with E-state index in [4.69, 9.17) is 10.7 Å². The molecule has 8 heteroatoms. The molecule has 0 atom stereocenters. The number of piperidine rings is 1. The molecule has 7 nitrogen and oxygen atoms in total. The SMILES string of the molecule is CCCc1nc2c(N)nc3cc(Br)ccc3c2n1CC1CCN(C(=O)O)CC1. The molecule has 3 N–H and O–H groups in total. The zero-order valence-corrected chi connectivity index (χ0v) is 17.4. The van der Waals surface area contributed by atoms with Gasteiger partial charge in [-0.3, -0.25) is 0 Å². The highest BCUT2D eigenvalue weighted by Gasteiger charge is 2.25. The number of aromatic nitrogens is 3. The topological polar surface area (TPSA) is 97.3 Å². The van der Waals surface area contributed by atoms with Crippen LogP contribution in [-0.2, 0) is 13.0 Å². The van der Waals surface area contributed by atoms with E-state index in [-0.39, 0.29) is 0 Å². The highest BCUT2D eigenvalue weighted by Crippen LogP contribution is 2.32. The number of rotatable bonds is 4. The van der Waals surface area contributed by atoms with E-state index in [0.29, 0.717) is 24.8 Å². The fraction of sp³-hybridized carbons (Fsp3) is 0.450. The number of pyridine rings is 1. The van der Waals surface area contributed by atoms with E-state index in [1.54, 1.807) is 0 Å². The smallest absolute Gasteiger partial charge is 0.407 e. The molecular weight excluding hydrogens is 422 g/mol. The molecule has 28 heavy (non-hydrogen) atoms. The molecule has 1 amide bonds. The van der Waals surface area contributed by atoms with E-state index in [9.17, 15) is 9.90 Å². The van der Waals surface area contributed by atoms with Crippen molar-refractivity contribution >= 4 is 49.8 Å². The highest BCUT2D eigenvalue weighted by molar-refractivity contribution is 9.10. The molecule has 0 saturated carbocycles. The number of nitrogen functional groups attached to an aromatic ring is 1. The number of benzene rings is 1. The molecule has 1 fully saturated rings. The number of hydrogen-bond donors (Lipinski definition) is 2. The van der Waals surface area contributed by atoms with E-state index < -0.39 is 6.09 Å². The second-order valence-corrected chi connectivity index (χ2v) is 8.37. The van der Waals surface area contributed by atoms with Gasteiger partial charge >= 0.3 is 6.09 Å². The molecule has 4 rings (SSSR count). The normalized spacial score (nSPS) is 15.6. The summed E-state index contributed by atoms with van der Waals surface area (Å²) in [6.45, 7) is 4.15. The Morgan fingerprint density at radius 2 is 2.07 bits per heavy atom. The fourth-order valence-corrected chi connectivity index (χ4v) is 4.46. The second kappa shape index (κ2) is 7.58. The zero-order valence-electron chi connectivity index (χ0n) is 15.9. The van der Waals surface area contributed by atoms with Crippen LogP contribution in [0.3, 0.4) is 0 Å². The van der Waals surface area contributed by atoms with Gasteiger partial charge in [0.15, 0.2) is 5.82 Å². The summed E-state index contributed by atoms with van der Waals surface area (Å²) >= 11 is 3.51. The van der Waals surface area contributed by atoms with Crippen LogP contribution in [0, 0.1) is 5.92 Å². The summed E-state index contributed by atoms with van der Waals surface area (Å²) < 4.78 is 3.26. The Morgan fingerprint density at radius 1 is 1.32 bits per heavy atom. The predicted molar refractivity (Wildman–Crippen MR) is 113 cm³/mol. The van der Waals surface area contributed by atoms with Crippen molar-refractivity contribution in [2.75, 3.05) is 18.8 Å². The van der Waals surface area contributed by atoms with Gasteiger partial charge in [0, 0.05) is 35.9 Å². The second-order valence-electron chi connectivity index (χ2n) is 7.46. The standard InChI is InChI=1S/C20H24BrN5O2/c1-2-3-16-24-17-18(14-5-4-13(21)10-15(14)23-19(17)22)26(16)11-12-6-8-25(9-7-12)20(27)28/h4-5,10,12H,2-3,6-9,11H2,1H3,(H2,22,23)(H,27,28). The summed E-state index contributed by atoms with van der Waals surface area (Å²) in [4.78, 5) is 22.1. The maximum atomic E-state index is 11.2. The number of imidazole rings is 1. The van der Waals surface area contributed by atoms with E-state index in [1.165, 1.54) is 4.90 Å². The molecule has 1 aliphatic heterocycles. The van der Waals surface area contributed by atoms with Crippen molar-refractivity contribution in [3.63, 3.8) is 0 Å². The lowest BCUT2D eigenvalue weighted by atomic mass is 9.96. The van der Waals surface area contributed by atoms with Gasteiger partial charge in [-0.15, -0.1) is 0 Å². The largest absolute Gasteiger partial charge is 0.465 e. The molecule has 3 heterocycles. The van der Waals surface area contributed by atoms with Gasteiger partial charge in [0.1, 0.15) is 11.3 Å². The van der Waals surface area contributed by atoms with E-state index in [2.05, 4.69) is 38.5 Å². The van der Waals surface area contributed by atoms with E-state index in [0.717, 1.165) is 64.5 Å². The van der Waals surface area contributed by atoms with Crippen molar-refractivity contribution in [1.82, 2.24) is 19.4 Å². The van der Waals surface area contributed by atoms with Gasteiger partial charge in [0.25, 0.3) is 0 Å². The van der Waals surface area contributed by atoms with Gasteiger partial charge in [-0.25, -0.2) is 14.8 Å². The number of likely N-dealkylation sites (tertiary alicyclic amines) is 1. The van der Waals surface area contributed by atoms with Crippen molar-refractivity contribution in [2.24, 2.45) is 5.92 Å². The van der Waals surface area contributed by atoms with Crippen LogP contribution >= 0.6 is 15.9 Å². The molecule has 2 aromatic heterocycles. The van der Waals surface area contributed by atoms with Gasteiger partial charge in [-0.2, -0.15) is 0 Å². The maximum Gasteiger partial charge on any atom is 0.407 e.